The summed E-state index contributed by atoms with van der Waals surface area (Å²) >= 11 is 6.45. The Hall–Kier alpha value is -2.27. The number of aryl methyl sites for hydroxylation is 2. The molecule has 1 aromatic heterocycles. The van der Waals surface area contributed by atoms with Crippen molar-refractivity contribution in [2.75, 3.05) is 0 Å². The van der Waals surface area contributed by atoms with Gasteiger partial charge in [0.2, 0.25) is 0 Å². The fraction of sp³-hybridized carbons (Fsp3) is 0.455. The van der Waals surface area contributed by atoms with Crippen molar-refractivity contribution >= 4 is 23.5 Å². The number of aromatic nitrogens is 1. The van der Waals surface area contributed by atoms with Gasteiger partial charge in [0.05, 0.1) is 0 Å². The molecule has 1 amide bonds. The molecule has 0 bridgehead atoms. The van der Waals surface area contributed by atoms with Crippen molar-refractivity contribution in [2.45, 2.75) is 56.0 Å². The Morgan fingerprint density at radius 2 is 1.93 bits per heavy atom. The Kier molecular flexibility index (Phi) is 5.72. The number of carbonyl (C=O) groups excluding carboxylic acids is 2. The van der Waals surface area contributed by atoms with E-state index >= 15 is 0 Å². The molecule has 4 atom stereocenters. The fourth-order valence-corrected chi connectivity index (χ4v) is 4.70. The number of carbonyl (C=O) groups is 2. The molecule has 2 aromatic rings. The van der Waals surface area contributed by atoms with Crippen LogP contribution in [0.1, 0.15) is 47.3 Å². The SMILES string of the molecule is O=C(OC1CC2C(Cl)CCCC2NC1=O)c1cc(CCc2ccccc2)c[nH]1. The van der Waals surface area contributed by atoms with Gasteiger partial charge in [0.25, 0.3) is 5.91 Å². The summed E-state index contributed by atoms with van der Waals surface area (Å²) in [6, 6.07) is 12.1. The summed E-state index contributed by atoms with van der Waals surface area (Å²) in [5.74, 6) is -0.543. The number of hydrogen-bond acceptors (Lipinski definition) is 3. The molecular weight excluding hydrogens is 376 g/mol. The van der Waals surface area contributed by atoms with Crippen LogP contribution in [0.25, 0.3) is 0 Å². The second-order valence-corrected chi connectivity index (χ2v) is 8.32. The van der Waals surface area contributed by atoms with Crippen molar-refractivity contribution in [3.63, 3.8) is 0 Å². The lowest BCUT2D eigenvalue weighted by atomic mass is 9.78. The van der Waals surface area contributed by atoms with Crippen LogP contribution in [0.3, 0.4) is 0 Å². The molecular formula is C22H25ClN2O3. The van der Waals surface area contributed by atoms with Gasteiger partial charge in [-0.15, -0.1) is 11.6 Å². The lowest BCUT2D eigenvalue weighted by molar-refractivity contribution is -0.136. The Morgan fingerprint density at radius 1 is 1.14 bits per heavy atom. The van der Waals surface area contributed by atoms with Gasteiger partial charge >= 0.3 is 5.97 Å². The highest BCUT2D eigenvalue weighted by molar-refractivity contribution is 6.21. The molecule has 28 heavy (non-hydrogen) atoms. The smallest absolute Gasteiger partial charge is 0.355 e. The highest BCUT2D eigenvalue weighted by Gasteiger charge is 2.42. The molecule has 1 aromatic carbocycles. The van der Waals surface area contributed by atoms with Gasteiger partial charge in [-0.05, 0) is 61.6 Å². The number of ether oxygens (including phenoxy) is 1. The minimum Gasteiger partial charge on any atom is -0.448 e. The van der Waals surface area contributed by atoms with Crippen LogP contribution in [0.5, 0.6) is 0 Å². The number of alkyl halides is 1. The van der Waals surface area contributed by atoms with E-state index in [1.165, 1.54) is 5.56 Å². The lowest BCUT2D eigenvalue weighted by Gasteiger charge is -2.41. The van der Waals surface area contributed by atoms with Crippen molar-refractivity contribution in [3.05, 3.63) is 59.4 Å². The lowest BCUT2D eigenvalue weighted by Crippen LogP contribution is -2.56. The van der Waals surface area contributed by atoms with Gasteiger partial charge in [-0.1, -0.05) is 30.3 Å². The number of aromatic amines is 1. The predicted molar refractivity (Wildman–Crippen MR) is 107 cm³/mol. The van der Waals surface area contributed by atoms with Crippen molar-refractivity contribution < 1.29 is 14.3 Å². The maximum Gasteiger partial charge on any atom is 0.355 e. The van der Waals surface area contributed by atoms with E-state index in [0.29, 0.717) is 12.1 Å². The molecule has 2 N–H and O–H groups in total. The molecule has 2 fully saturated rings. The summed E-state index contributed by atoms with van der Waals surface area (Å²) in [4.78, 5) is 27.8. The van der Waals surface area contributed by atoms with Gasteiger partial charge in [-0.2, -0.15) is 0 Å². The number of H-pyrrole nitrogens is 1. The second kappa shape index (κ2) is 8.39. The van der Waals surface area contributed by atoms with Crippen LogP contribution < -0.4 is 5.32 Å². The fourth-order valence-electron chi connectivity index (χ4n) is 4.26. The maximum atomic E-state index is 12.5. The molecule has 5 nitrogen and oxygen atoms in total. The van der Waals surface area contributed by atoms with E-state index in [2.05, 4.69) is 22.4 Å². The van der Waals surface area contributed by atoms with Crippen LogP contribution in [0, 0.1) is 5.92 Å². The van der Waals surface area contributed by atoms with E-state index in [0.717, 1.165) is 37.7 Å². The molecule has 0 radical (unpaired) electrons. The molecule has 1 saturated carbocycles. The number of amides is 1. The van der Waals surface area contributed by atoms with Gasteiger partial charge in [-0.3, -0.25) is 4.79 Å². The third-order valence-electron chi connectivity index (χ3n) is 5.84. The average molecular weight is 401 g/mol. The molecule has 1 aliphatic carbocycles. The van der Waals surface area contributed by atoms with E-state index in [1.807, 2.05) is 24.4 Å². The van der Waals surface area contributed by atoms with E-state index in [1.54, 1.807) is 6.07 Å². The number of fused-ring (bicyclic) bond motifs is 1. The third-order valence-corrected chi connectivity index (χ3v) is 6.38. The summed E-state index contributed by atoms with van der Waals surface area (Å²) in [5.41, 5.74) is 2.67. The second-order valence-electron chi connectivity index (χ2n) is 7.76. The van der Waals surface area contributed by atoms with E-state index in [-0.39, 0.29) is 23.2 Å². The number of piperidine rings is 1. The molecule has 0 spiro atoms. The highest BCUT2D eigenvalue weighted by atomic mass is 35.5. The van der Waals surface area contributed by atoms with Crippen molar-refractivity contribution in [2.24, 2.45) is 5.92 Å². The van der Waals surface area contributed by atoms with Crippen molar-refractivity contribution in [3.8, 4) is 0 Å². The number of halogens is 1. The zero-order valence-electron chi connectivity index (χ0n) is 15.7. The maximum absolute atomic E-state index is 12.5. The quantitative estimate of drug-likeness (QED) is 0.594. The summed E-state index contributed by atoms with van der Waals surface area (Å²) in [6.45, 7) is 0. The van der Waals surface area contributed by atoms with Gasteiger partial charge in [0.15, 0.2) is 6.10 Å². The van der Waals surface area contributed by atoms with Gasteiger partial charge < -0.3 is 15.0 Å². The topological polar surface area (TPSA) is 71.2 Å². The summed E-state index contributed by atoms with van der Waals surface area (Å²) < 4.78 is 5.52. The Balaban J connectivity index is 1.34. The van der Waals surface area contributed by atoms with Crippen LogP contribution in [0.2, 0.25) is 0 Å². The standard InChI is InChI=1S/C22H25ClN2O3/c23-17-7-4-8-18-16(17)12-20(21(26)25-18)28-22(27)19-11-15(13-24-19)10-9-14-5-2-1-3-6-14/h1-3,5-6,11,13,16-18,20,24H,4,7-10,12H2,(H,25,26). The molecule has 6 heteroatoms. The number of benzene rings is 1. The summed E-state index contributed by atoms with van der Waals surface area (Å²) in [6.07, 6.45) is 6.19. The average Bonchev–Trinajstić information content (AvgIpc) is 3.18. The Morgan fingerprint density at radius 3 is 2.75 bits per heavy atom. The first-order chi connectivity index (χ1) is 13.6. The molecule has 2 aliphatic rings. The Bertz CT molecular complexity index is 835. The molecule has 148 valence electrons. The van der Waals surface area contributed by atoms with Gasteiger partial charge in [-0.25, -0.2) is 4.79 Å². The zero-order chi connectivity index (χ0) is 19.5. The molecule has 2 heterocycles. The molecule has 4 unspecified atom stereocenters. The summed E-state index contributed by atoms with van der Waals surface area (Å²) in [7, 11) is 0. The first-order valence-corrected chi connectivity index (χ1v) is 10.4. The Labute approximate surface area is 169 Å². The van der Waals surface area contributed by atoms with Crippen LogP contribution in [-0.4, -0.2) is 34.4 Å². The van der Waals surface area contributed by atoms with Crippen molar-refractivity contribution in [1.82, 2.24) is 10.3 Å². The number of esters is 1. The van der Waals surface area contributed by atoms with Crippen molar-refractivity contribution in [1.29, 1.82) is 0 Å². The molecule has 1 aliphatic heterocycles. The molecule has 4 rings (SSSR count). The highest BCUT2D eigenvalue weighted by Crippen LogP contribution is 2.35. The first-order valence-electron chi connectivity index (χ1n) is 9.97. The predicted octanol–water partition coefficient (Wildman–Crippen LogP) is 3.62. The minimum atomic E-state index is -0.774. The monoisotopic (exact) mass is 400 g/mol. The zero-order valence-corrected chi connectivity index (χ0v) is 16.5. The van der Waals surface area contributed by atoms with Gasteiger partial charge in [0, 0.05) is 17.6 Å². The van der Waals surface area contributed by atoms with E-state index in [9.17, 15) is 9.59 Å². The van der Waals surface area contributed by atoms with Crippen LogP contribution in [0.4, 0.5) is 0 Å². The largest absolute Gasteiger partial charge is 0.448 e. The van der Waals surface area contributed by atoms with Crippen LogP contribution in [0.15, 0.2) is 42.6 Å². The number of nitrogens with one attached hydrogen (secondary N) is 2. The molecule has 1 saturated heterocycles. The van der Waals surface area contributed by atoms with Crippen LogP contribution in [-0.2, 0) is 22.4 Å². The third kappa shape index (κ3) is 4.25. The first kappa shape index (κ1) is 19.1. The van der Waals surface area contributed by atoms with Gasteiger partial charge in [0.1, 0.15) is 5.69 Å². The number of rotatable bonds is 5. The summed E-state index contributed by atoms with van der Waals surface area (Å²) in [5, 5.41) is 3.01. The van der Waals surface area contributed by atoms with E-state index in [4.69, 9.17) is 16.3 Å². The van der Waals surface area contributed by atoms with E-state index < -0.39 is 12.1 Å². The number of hydrogen-bond donors (Lipinski definition) is 2. The minimum absolute atomic E-state index is 0.0237. The van der Waals surface area contributed by atoms with Crippen LogP contribution >= 0.6 is 11.6 Å². The normalized spacial score (nSPS) is 27.0.